The molecule has 86 valence electrons. The number of anilines is 2. The standard InChI is InChI=1S/C10H10N6O/c1-12-10-13-8-5-6(7-3-2-4-17-7)15-16(8)9(11)14-10/h2-5H,1H3,(H3,11,12,13,14). The van der Waals surface area contributed by atoms with Crippen LogP contribution in [-0.4, -0.2) is 26.6 Å². The normalized spacial score (nSPS) is 10.9. The van der Waals surface area contributed by atoms with Crippen molar-refractivity contribution in [2.75, 3.05) is 18.1 Å². The highest BCUT2D eigenvalue weighted by Gasteiger charge is 2.11. The molecular formula is C10H10N6O. The van der Waals surface area contributed by atoms with E-state index in [0.29, 0.717) is 23.0 Å². The van der Waals surface area contributed by atoms with Crippen LogP contribution in [0.25, 0.3) is 17.1 Å². The lowest BCUT2D eigenvalue weighted by Crippen LogP contribution is -2.06. The number of rotatable bonds is 2. The molecule has 0 unspecified atom stereocenters. The van der Waals surface area contributed by atoms with Crippen molar-refractivity contribution in [1.29, 1.82) is 0 Å². The smallest absolute Gasteiger partial charge is 0.227 e. The second-order valence-corrected chi connectivity index (χ2v) is 3.43. The highest BCUT2D eigenvalue weighted by atomic mass is 16.3. The molecule has 3 aromatic rings. The fraction of sp³-hybridized carbons (Fsp3) is 0.100. The van der Waals surface area contributed by atoms with E-state index in [1.165, 1.54) is 4.52 Å². The van der Waals surface area contributed by atoms with Crippen molar-refractivity contribution in [3.8, 4) is 11.5 Å². The van der Waals surface area contributed by atoms with Crippen LogP contribution in [0.2, 0.25) is 0 Å². The van der Waals surface area contributed by atoms with Crippen molar-refractivity contribution < 1.29 is 4.42 Å². The highest BCUT2D eigenvalue weighted by molar-refractivity contribution is 5.61. The quantitative estimate of drug-likeness (QED) is 0.682. The number of nitrogens with zero attached hydrogens (tertiary/aromatic N) is 4. The van der Waals surface area contributed by atoms with E-state index in [9.17, 15) is 0 Å². The molecule has 0 amide bonds. The van der Waals surface area contributed by atoms with Crippen LogP contribution in [0.1, 0.15) is 0 Å². The van der Waals surface area contributed by atoms with Crippen molar-refractivity contribution in [2.24, 2.45) is 0 Å². The summed E-state index contributed by atoms with van der Waals surface area (Å²) >= 11 is 0. The molecule has 0 bridgehead atoms. The predicted octanol–water partition coefficient (Wildman–Crippen LogP) is 1.01. The molecular weight excluding hydrogens is 220 g/mol. The molecule has 0 saturated carbocycles. The lowest BCUT2D eigenvalue weighted by molar-refractivity contribution is 0.579. The van der Waals surface area contributed by atoms with Crippen LogP contribution in [-0.2, 0) is 0 Å². The fourth-order valence-electron chi connectivity index (χ4n) is 1.57. The van der Waals surface area contributed by atoms with Gasteiger partial charge in [0.25, 0.3) is 0 Å². The van der Waals surface area contributed by atoms with E-state index in [-0.39, 0.29) is 5.95 Å². The molecule has 3 N–H and O–H groups in total. The Kier molecular flexibility index (Phi) is 1.97. The molecule has 7 heteroatoms. The Morgan fingerprint density at radius 1 is 1.41 bits per heavy atom. The SMILES string of the molecule is CNc1nc(N)n2nc(-c3ccco3)cc2n1. The molecule has 3 rings (SSSR count). The molecule has 0 radical (unpaired) electrons. The zero-order valence-corrected chi connectivity index (χ0v) is 9.08. The molecule has 0 aromatic carbocycles. The van der Waals surface area contributed by atoms with Crippen LogP contribution in [0.3, 0.4) is 0 Å². The van der Waals surface area contributed by atoms with Crippen LogP contribution in [0.4, 0.5) is 11.9 Å². The van der Waals surface area contributed by atoms with Crippen molar-refractivity contribution in [2.45, 2.75) is 0 Å². The van der Waals surface area contributed by atoms with Crippen LogP contribution in [0.5, 0.6) is 0 Å². The van der Waals surface area contributed by atoms with E-state index in [1.807, 2.05) is 6.07 Å². The van der Waals surface area contributed by atoms with Gasteiger partial charge in [0.15, 0.2) is 11.4 Å². The average Bonchev–Trinajstić information content (AvgIpc) is 2.96. The topological polar surface area (TPSA) is 94.3 Å². The van der Waals surface area contributed by atoms with Gasteiger partial charge in [0.2, 0.25) is 11.9 Å². The number of hydrogen-bond donors (Lipinski definition) is 2. The van der Waals surface area contributed by atoms with Gasteiger partial charge in [-0.15, -0.1) is 0 Å². The van der Waals surface area contributed by atoms with Gasteiger partial charge < -0.3 is 15.5 Å². The van der Waals surface area contributed by atoms with Gasteiger partial charge in [0.05, 0.1) is 6.26 Å². The summed E-state index contributed by atoms with van der Waals surface area (Å²) in [6.45, 7) is 0. The maximum atomic E-state index is 5.78. The van der Waals surface area contributed by atoms with Gasteiger partial charge in [-0.05, 0) is 12.1 Å². The average molecular weight is 230 g/mol. The maximum Gasteiger partial charge on any atom is 0.227 e. The third-order valence-electron chi connectivity index (χ3n) is 2.35. The van der Waals surface area contributed by atoms with E-state index >= 15 is 0 Å². The third kappa shape index (κ3) is 1.48. The van der Waals surface area contributed by atoms with E-state index in [1.54, 1.807) is 25.4 Å². The van der Waals surface area contributed by atoms with Crippen LogP contribution in [0, 0.1) is 0 Å². The molecule has 0 atom stereocenters. The minimum absolute atomic E-state index is 0.275. The van der Waals surface area contributed by atoms with Crippen molar-refractivity contribution >= 4 is 17.5 Å². The molecule has 0 spiro atoms. The summed E-state index contributed by atoms with van der Waals surface area (Å²) in [5.41, 5.74) is 7.07. The van der Waals surface area contributed by atoms with Gasteiger partial charge in [0.1, 0.15) is 5.69 Å². The Labute approximate surface area is 96.3 Å². The lowest BCUT2D eigenvalue weighted by atomic mass is 10.3. The largest absolute Gasteiger partial charge is 0.463 e. The van der Waals surface area contributed by atoms with Crippen LogP contribution >= 0.6 is 0 Å². The maximum absolute atomic E-state index is 5.78. The summed E-state index contributed by atoms with van der Waals surface area (Å²) in [5.74, 6) is 1.40. The summed E-state index contributed by atoms with van der Waals surface area (Å²) in [7, 11) is 1.73. The summed E-state index contributed by atoms with van der Waals surface area (Å²) in [4.78, 5) is 8.28. The van der Waals surface area contributed by atoms with Crippen molar-refractivity contribution in [1.82, 2.24) is 19.6 Å². The van der Waals surface area contributed by atoms with E-state index in [4.69, 9.17) is 10.2 Å². The molecule has 7 nitrogen and oxygen atoms in total. The zero-order chi connectivity index (χ0) is 11.8. The number of hydrogen-bond acceptors (Lipinski definition) is 6. The van der Waals surface area contributed by atoms with Gasteiger partial charge in [-0.2, -0.15) is 19.6 Å². The van der Waals surface area contributed by atoms with Gasteiger partial charge in [-0.25, -0.2) is 0 Å². The van der Waals surface area contributed by atoms with Crippen molar-refractivity contribution in [3.05, 3.63) is 24.5 Å². The lowest BCUT2D eigenvalue weighted by Gasteiger charge is -2.00. The second kappa shape index (κ2) is 3.48. The van der Waals surface area contributed by atoms with Gasteiger partial charge in [0, 0.05) is 13.1 Å². The predicted molar refractivity (Wildman–Crippen MR) is 62.4 cm³/mol. The summed E-state index contributed by atoms with van der Waals surface area (Å²) in [6, 6.07) is 5.41. The molecule has 0 aliphatic heterocycles. The van der Waals surface area contributed by atoms with Gasteiger partial charge in [-0.3, -0.25) is 0 Å². The fourth-order valence-corrected chi connectivity index (χ4v) is 1.57. The molecule has 0 aliphatic carbocycles. The molecule has 0 saturated heterocycles. The minimum atomic E-state index is 0.275. The van der Waals surface area contributed by atoms with Crippen LogP contribution in [0.15, 0.2) is 28.9 Å². The van der Waals surface area contributed by atoms with E-state index < -0.39 is 0 Å². The number of fused-ring (bicyclic) bond motifs is 1. The number of nitrogen functional groups attached to an aromatic ring is 1. The Bertz CT molecular complexity index is 657. The molecule has 3 aromatic heterocycles. The minimum Gasteiger partial charge on any atom is -0.463 e. The number of furan rings is 1. The van der Waals surface area contributed by atoms with E-state index in [0.717, 1.165) is 0 Å². The Morgan fingerprint density at radius 2 is 2.29 bits per heavy atom. The second-order valence-electron chi connectivity index (χ2n) is 3.43. The van der Waals surface area contributed by atoms with Gasteiger partial charge in [-0.1, -0.05) is 0 Å². The molecule has 0 fully saturated rings. The van der Waals surface area contributed by atoms with Gasteiger partial charge >= 0.3 is 0 Å². The Balaban J connectivity index is 2.22. The first-order valence-electron chi connectivity index (χ1n) is 5.03. The van der Waals surface area contributed by atoms with Crippen LogP contribution < -0.4 is 11.1 Å². The summed E-state index contributed by atoms with van der Waals surface area (Å²) in [6.07, 6.45) is 1.59. The van der Waals surface area contributed by atoms with E-state index in [2.05, 4.69) is 20.4 Å². The number of nitrogens with two attached hydrogens (primary N) is 1. The zero-order valence-electron chi connectivity index (χ0n) is 9.08. The molecule has 0 aliphatic rings. The monoisotopic (exact) mass is 230 g/mol. The number of nitrogens with one attached hydrogen (secondary N) is 1. The first-order chi connectivity index (χ1) is 8.28. The molecule has 3 heterocycles. The Hall–Kier alpha value is -2.57. The first kappa shape index (κ1) is 9.64. The molecule has 17 heavy (non-hydrogen) atoms. The van der Waals surface area contributed by atoms with Crippen molar-refractivity contribution in [3.63, 3.8) is 0 Å². The first-order valence-corrected chi connectivity index (χ1v) is 5.03. The number of aromatic nitrogens is 4. The highest BCUT2D eigenvalue weighted by Crippen LogP contribution is 2.20. The summed E-state index contributed by atoms with van der Waals surface area (Å²) in [5, 5.41) is 7.11. The third-order valence-corrected chi connectivity index (χ3v) is 2.35. The Morgan fingerprint density at radius 3 is 3.00 bits per heavy atom. The summed E-state index contributed by atoms with van der Waals surface area (Å²) < 4.78 is 6.74.